The smallest absolute Gasteiger partial charge is 0.229 e. The van der Waals surface area contributed by atoms with Gasteiger partial charge in [0, 0.05) is 6.54 Å². The summed E-state index contributed by atoms with van der Waals surface area (Å²) in [5.41, 5.74) is -0.00999. The number of furan rings is 1. The first-order chi connectivity index (χ1) is 10.7. The predicted molar refractivity (Wildman–Crippen MR) is 83.0 cm³/mol. The number of amides is 1. The molecule has 0 radical (unpaired) electrons. The minimum absolute atomic E-state index is 0.00999. The van der Waals surface area contributed by atoms with Crippen LogP contribution in [0.25, 0.3) is 0 Å². The molecule has 6 rings (SSSR count). The van der Waals surface area contributed by atoms with Gasteiger partial charge in [0.25, 0.3) is 0 Å². The highest BCUT2D eigenvalue weighted by Crippen LogP contribution is 2.61. The summed E-state index contributed by atoms with van der Waals surface area (Å²) >= 11 is 0. The lowest BCUT2D eigenvalue weighted by molar-refractivity contribution is -0.159. The molecule has 0 spiro atoms. The molecule has 0 N–H and O–H groups in total. The summed E-state index contributed by atoms with van der Waals surface area (Å²) in [6.07, 6.45) is 11.6. The molecule has 3 heteroatoms. The number of rotatable bonds is 2. The molecule has 4 saturated carbocycles. The molecule has 2 heterocycles. The Labute approximate surface area is 132 Å². The van der Waals surface area contributed by atoms with Gasteiger partial charge in [0.05, 0.1) is 17.7 Å². The zero-order chi connectivity index (χ0) is 14.7. The van der Waals surface area contributed by atoms with Crippen LogP contribution in [-0.2, 0) is 4.79 Å². The molecule has 0 unspecified atom stereocenters. The molecule has 22 heavy (non-hydrogen) atoms. The van der Waals surface area contributed by atoms with Gasteiger partial charge in [0.15, 0.2) is 0 Å². The second kappa shape index (κ2) is 4.62. The second-order valence-corrected chi connectivity index (χ2v) is 8.37. The molecular formula is C19H25NO2. The SMILES string of the molecule is O=C(N1CCC[C@@H]1c1ccco1)C12CC3CC(CC(C3)C1)C2. The molecule has 1 amide bonds. The third kappa shape index (κ3) is 1.83. The molecular weight excluding hydrogens is 274 g/mol. The Morgan fingerprint density at radius 1 is 1.14 bits per heavy atom. The van der Waals surface area contributed by atoms with Gasteiger partial charge in [0.2, 0.25) is 5.91 Å². The zero-order valence-corrected chi connectivity index (χ0v) is 13.2. The fourth-order valence-electron chi connectivity index (χ4n) is 6.46. The van der Waals surface area contributed by atoms with Crippen molar-refractivity contribution >= 4 is 5.91 Å². The lowest BCUT2D eigenvalue weighted by atomic mass is 9.49. The van der Waals surface area contributed by atoms with Gasteiger partial charge in [0.1, 0.15) is 5.76 Å². The predicted octanol–water partition coefficient (Wildman–Crippen LogP) is 4.16. The van der Waals surface area contributed by atoms with Crippen molar-refractivity contribution in [2.75, 3.05) is 6.54 Å². The lowest BCUT2D eigenvalue weighted by Crippen LogP contribution is -2.54. The molecule has 1 aliphatic heterocycles. The van der Waals surface area contributed by atoms with Crippen LogP contribution in [-0.4, -0.2) is 17.4 Å². The van der Waals surface area contributed by atoms with E-state index in [-0.39, 0.29) is 11.5 Å². The number of hydrogen-bond acceptors (Lipinski definition) is 2. The summed E-state index contributed by atoms with van der Waals surface area (Å²) in [7, 11) is 0. The molecule has 0 aromatic carbocycles. The highest BCUT2D eigenvalue weighted by Gasteiger charge is 2.56. The molecule has 4 aliphatic carbocycles. The fraction of sp³-hybridized carbons (Fsp3) is 0.737. The van der Waals surface area contributed by atoms with Gasteiger partial charge in [-0.15, -0.1) is 0 Å². The van der Waals surface area contributed by atoms with E-state index in [0.29, 0.717) is 5.91 Å². The number of likely N-dealkylation sites (tertiary alicyclic amines) is 1. The quantitative estimate of drug-likeness (QED) is 0.821. The minimum Gasteiger partial charge on any atom is -0.467 e. The third-order valence-electron chi connectivity index (χ3n) is 6.88. The average Bonchev–Trinajstić information content (AvgIpc) is 3.16. The van der Waals surface area contributed by atoms with Crippen molar-refractivity contribution in [1.82, 2.24) is 4.90 Å². The van der Waals surface area contributed by atoms with E-state index in [2.05, 4.69) is 4.90 Å². The van der Waals surface area contributed by atoms with Crippen molar-refractivity contribution in [1.29, 1.82) is 0 Å². The third-order valence-corrected chi connectivity index (χ3v) is 6.88. The van der Waals surface area contributed by atoms with Crippen LogP contribution in [0.2, 0.25) is 0 Å². The number of nitrogens with zero attached hydrogens (tertiary/aromatic N) is 1. The number of carbonyl (C=O) groups excluding carboxylic acids is 1. The van der Waals surface area contributed by atoms with Crippen molar-refractivity contribution in [2.24, 2.45) is 23.2 Å². The standard InChI is InChI=1S/C19H25NO2/c21-18(20-5-1-3-16(20)17-4-2-6-22-17)19-10-13-7-14(11-19)9-15(8-13)12-19/h2,4,6,13-16H,1,3,5,7-12H2/t13?,14?,15?,16-,19?/m1/s1. The van der Waals surface area contributed by atoms with Gasteiger partial charge < -0.3 is 9.32 Å². The van der Waals surface area contributed by atoms with Crippen LogP contribution in [0.4, 0.5) is 0 Å². The maximum Gasteiger partial charge on any atom is 0.229 e. The Morgan fingerprint density at radius 2 is 1.82 bits per heavy atom. The van der Waals surface area contributed by atoms with Crippen LogP contribution in [0.1, 0.15) is 63.2 Å². The Hall–Kier alpha value is -1.25. The maximum absolute atomic E-state index is 13.5. The van der Waals surface area contributed by atoms with Crippen molar-refractivity contribution in [3.05, 3.63) is 24.2 Å². The lowest BCUT2D eigenvalue weighted by Gasteiger charge is -2.56. The Balaban J connectivity index is 1.44. The summed E-state index contributed by atoms with van der Waals surface area (Å²) in [4.78, 5) is 15.7. The van der Waals surface area contributed by atoms with Gasteiger partial charge in [-0.2, -0.15) is 0 Å². The van der Waals surface area contributed by atoms with Crippen molar-refractivity contribution in [3.8, 4) is 0 Å². The summed E-state index contributed by atoms with van der Waals surface area (Å²) < 4.78 is 5.62. The van der Waals surface area contributed by atoms with E-state index in [0.717, 1.165) is 42.9 Å². The van der Waals surface area contributed by atoms with Crippen LogP contribution in [0, 0.1) is 23.2 Å². The number of hydrogen-bond donors (Lipinski definition) is 0. The van der Waals surface area contributed by atoms with Gasteiger partial charge in [-0.25, -0.2) is 0 Å². The summed E-state index contributed by atoms with van der Waals surface area (Å²) in [6, 6.07) is 4.17. The number of carbonyl (C=O) groups is 1. The summed E-state index contributed by atoms with van der Waals surface area (Å²) in [6.45, 7) is 0.923. The van der Waals surface area contributed by atoms with Crippen LogP contribution in [0.5, 0.6) is 0 Å². The first kappa shape index (κ1) is 13.2. The average molecular weight is 299 g/mol. The molecule has 1 atom stereocenters. The van der Waals surface area contributed by atoms with Crippen LogP contribution in [0.3, 0.4) is 0 Å². The van der Waals surface area contributed by atoms with Crippen molar-refractivity contribution in [3.63, 3.8) is 0 Å². The fourth-order valence-corrected chi connectivity index (χ4v) is 6.46. The molecule has 118 valence electrons. The Morgan fingerprint density at radius 3 is 2.41 bits per heavy atom. The van der Waals surface area contributed by atoms with Crippen molar-refractivity contribution in [2.45, 2.75) is 57.4 Å². The van der Waals surface area contributed by atoms with Gasteiger partial charge in [-0.05, 0) is 81.3 Å². The van der Waals surface area contributed by atoms with E-state index in [1.54, 1.807) is 6.26 Å². The van der Waals surface area contributed by atoms with Crippen LogP contribution in [0.15, 0.2) is 22.8 Å². The largest absolute Gasteiger partial charge is 0.467 e. The molecule has 5 aliphatic rings. The molecule has 3 nitrogen and oxygen atoms in total. The first-order valence-corrected chi connectivity index (χ1v) is 9.08. The molecule has 4 bridgehead atoms. The van der Waals surface area contributed by atoms with Gasteiger partial charge >= 0.3 is 0 Å². The van der Waals surface area contributed by atoms with E-state index >= 15 is 0 Å². The molecule has 5 fully saturated rings. The van der Waals surface area contributed by atoms with E-state index in [1.165, 1.54) is 38.5 Å². The van der Waals surface area contributed by atoms with E-state index in [9.17, 15) is 4.79 Å². The minimum atomic E-state index is -0.00999. The molecule has 1 saturated heterocycles. The monoisotopic (exact) mass is 299 g/mol. The van der Waals surface area contributed by atoms with Crippen molar-refractivity contribution < 1.29 is 9.21 Å². The van der Waals surface area contributed by atoms with Crippen LogP contribution >= 0.6 is 0 Å². The highest BCUT2D eigenvalue weighted by atomic mass is 16.3. The van der Waals surface area contributed by atoms with Gasteiger partial charge in [-0.1, -0.05) is 0 Å². The molecule has 1 aromatic rings. The molecule has 1 aromatic heterocycles. The Bertz CT molecular complexity index is 541. The van der Waals surface area contributed by atoms with Gasteiger partial charge in [-0.3, -0.25) is 4.79 Å². The van der Waals surface area contributed by atoms with E-state index in [1.807, 2.05) is 12.1 Å². The maximum atomic E-state index is 13.5. The topological polar surface area (TPSA) is 33.5 Å². The Kier molecular flexibility index (Phi) is 2.78. The first-order valence-electron chi connectivity index (χ1n) is 9.08. The van der Waals surface area contributed by atoms with E-state index in [4.69, 9.17) is 4.42 Å². The normalized spacial score (nSPS) is 43.0. The zero-order valence-electron chi connectivity index (χ0n) is 13.2. The van der Waals surface area contributed by atoms with E-state index < -0.39 is 0 Å². The summed E-state index contributed by atoms with van der Waals surface area (Å²) in [5.74, 6) is 3.95. The van der Waals surface area contributed by atoms with Crippen LogP contribution < -0.4 is 0 Å². The highest BCUT2D eigenvalue weighted by molar-refractivity contribution is 5.84. The second-order valence-electron chi connectivity index (χ2n) is 8.37. The summed E-state index contributed by atoms with van der Waals surface area (Å²) in [5, 5.41) is 0.